The Labute approximate surface area is 181 Å². The van der Waals surface area contributed by atoms with Crippen LogP contribution in [0.5, 0.6) is 0 Å². The molecule has 2 heterocycles. The Balaban J connectivity index is 1.34. The van der Waals surface area contributed by atoms with Gasteiger partial charge in [-0.3, -0.25) is 5.32 Å². The number of nitriles is 1. The van der Waals surface area contributed by atoms with Gasteiger partial charge in [0, 0.05) is 36.3 Å². The fourth-order valence-electron chi connectivity index (χ4n) is 3.08. The SMILES string of the molecule is N#C/C(=C\c1ccc(NCCOCCO)o1)COCNCCc1c[nH]c2ccccc12. The van der Waals surface area contributed by atoms with Gasteiger partial charge in [0.15, 0.2) is 5.88 Å². The number of benzene rings is 1. The van der Waals surface area contributed by atoms with E-state index in [2.05, 4.69) is 33.8 Å². The zero-order valence-corrected chi connectivity index (χ0v) is 17.4. The number of hydrogen-bond donors (Lipinski definition) is 4. The van der Waals surface area contributed by atoms with Gasteiger partial charge >= 0.3 is 0 Å². The van der Waals surface area contributed by atoms with Crippen LogP contribution in [0.3, 0.4) is 0 Å². The summed E-state index contributed by atoms with van der Waals surface area (Å²) in [6.45, 7) is 2.70. The second-order valence-corrected chi connectivity index (χ2v) is 6.85. The molecule has 3 aromatic rings. The average Bonchev–Trinajstić information content (AvgIpc) is 3.42. The number of ether oxygens (including phenoxy) is 2. The lowest BCUT2D eigenvalue weighted by molar-refractivity contribution is 0.0990. The molecule has 0 saturated heterocycles. The molecular weight excluding hydrogens is 396 g/mol. The molecule has 31 heavy (non-hydrogen) atoms. The molecule has 8 heteroatoms. The van der Waals surface area contributed by atoms with Crippen molar-refractivity contribution in [3.63, 3.8) is 0 Å². The van der Waals surface area contributed by atoms with Crippen molar-refractivity contribution < 1.29 is 19.0 Å². The largest absolute Gasteiger partial charge is 0.441 e. The first-order valence-corrected chi connectivity index (χ1v) is 10.3. The number of aromatic amines is 1. The van der Waals surface area contributed by atoms with E-state index in [9.17, 15) is 5.26 Å². The standard InChI is InChI=1S/C23H28N4O4/c24-14-18(13-20-5-6-23(31-20)26-9-11-29-12-10-28)16-30-17-25-8-7-19-15-27-22-4-2-1-3-21(19)22/h1-6,13,15,25-28H,7-12,16-17H2/b18-13+. The van der Waals surface area contributed by atoms with Gasteiger partial charge in [-0.1, -0.05) is 18.2 Å². The number of H-pyrrole nitrogens is 1. The molecule has 0 amide bonds. The third-order valence-electron chi connectivity index (χ3n) is 4.58. The highest BCUT2D eigenvalue weighted by molar-refractivity contribution is 5.83. The number of furan rings is 1. The summed E-state index contributed by atoms with van der Waals surface area (Å²) in [5.74, 6) is 1.17. The van der Waals surface area contributed by atoms with Crippen molar-refractivity contribution in [2.75, 3.05) is 51.6 Å². The summed E-state index contributed by atoms with van der Waals surface area (Å²) in [6.07, 6.45) is 4.60. The predicted octanol–water partition coefficient (Wildman–Crippen LogP) is 2.90. The summed E-state index contributed by atoms with van der Waals surface area (Å²) in [5.41, 5.74) is 2.89. The lowest BCUT2D eigenvalue weighted by atomic mass is 10.1. The highest BCUT2D eigenvalue weighted by Gasteiger charge is 2.04. The van der Waals surface area contributed by atoms with Crippen molar-refractivity contribution in [1.82, 2.24) is 10.3 Å². The first-order valence-electron chi connectivity index (χ1n) is 10.3. The minimum absolute atomic E-state index is 0.00825. The number of aromatic nitrogens is 1. The number of hydrogen-bond acceptors (Lipinski definition) is 7. The van der Waals surface area contributed by atoms with Crippen molar-refractivity contribution in [2.45, 2.75) is 6.42 Å². The van der Waals surface area contributed by atoms with Crippen LogP contribution < -0.4 is 10.6 Å². The van der Waals surface area contributed by atoms with Gasteiger partial charge in [0.1, 0.15) is 5.76 Å². The van der Waals surface area contributed by atoms with E-state index in [-0.39, 0.29) is 13.2 Å². The monoisotopic (exact) mass is 424 g/mol. The van der Waals surface area contributed by atoms with Gasteiger partial charge in [-0.25, -0.2) is 0 Å². The van der Waals surface area contributed by atoms with E-state index in [1.54, 1.807) is 18.2 Å². The van der Waals surface area contributed by atoms with Crippen molar-refractivity contribution in [3.8, 4) is 6.07 Å². The Bertz CT molecular complexity index is 1000. The van der Waals surface area contributed by atoms with Gasteiger partial charge in [-0.15, -0.1) is 0 Å². The first-order chi connectivity index (χ1) is 15.3. The Morgan fingerprint density at radius 2 is 2.06 bits per heavy atom. The molecule has 0 aliphatic rings. The Morgan fingerprint density at radius 3 is 2.94 bits per heavy atom. The van der Waals surface area contributed by atoms with Gasteiger partial charge in [0.05, 0.1) is 44.8 Å². The van der Waals surface area contributed by atoms with Crippen LogP contribution in [0.15, 0.2) is 52.6 Å². The summed E-state index contributed by atoms with van der Waals surface area (Å²) in [5, 5.41) is 25.5. The van der Waals surface area contributed by atoms with Crippen molar-refractivity contribution in [3.05, 3.63) is 59.5 Å². The van der Waals surface area contributed by atoms with Crippen molar-refractivity contribution >= 4 is 22.9 Å². The van der Waals surface area contributed by atoms with Crippen LogP contribution in [0, 0.1) is 11.3 Å². The highest BCUT2D eigenvalue weighted by atomic mass is 16.5. The molecule has 0 spiro atoms. The molecule has 0 unspecified atom stereocenters. The molecule has 4 N–H and O–H groups in total. The molecule has 0 aliphatic carbocycles. The summed E-state index contributed by atoms with van der Waals surface area (Å²) in [6, 6.07) is 14.0. The number of aliphatic hydroxyl groups excluding tert-OH is 1. The summed E-state index contributed by atoms with van der Waals surface area (Å²) < 4.78 is 16.4. The van der Waals surface area contributed by atoms with E-state index in [0.717, 1.165) is 18.5 Å². The van der Waals surface area contributed by atoms with E-state index in [4.69, 9.17) is 19.0 Å². The third-order valence-corrected chi connectivity index (χ3v) is 4.58. The van der Waals surface area contributed by atoms with Gasteiger partial charge in [0.2, 0.25) is 0 Å². The summed E-state index contributed by atoms with van der Waals surface area (Å²) >= 11 is 0. The molecule has 1 aromatic carbocycles. The zero-order chi connectivity index (χ0) is 21.7. The topological polar surface area (TPSA) is 115 Å². The molecule has 0 atom stereocenters. The molecule has 164 valence electrons. The van der Waals surface area contributed by atoms with Gasteiger partial charge in [-0.2, -0.15) is 5.26 Å². The number of fused-ring (bicyclic) bond motifs is 1. The first kappa shape index (κ1) is 22.6. The maximum Gasteiger partial charge on any atom is 0.193 e. The number of nitrogens with zero attached hydrogens (tertiary/aromatic N) is 1. The van der Waals surface area contributed by atoms with E-state index in [0.29, 0.717) is 43.7 Å². The van der Waals surface area contributed by atoms with Crippen LogP contribution in [0.25, 0.3) is 17.0 Å². The second-order valence-electron chi connectivity index (χ2n) is 6.85. The summed E-state index contributed by atoms with van der Waals surface area (Å²) in [4.78, 5) is 3.28. The fourth-order valence-corrected chi connectivity index (χ4v) is 3.08. The molecule has 2 aromatic heterocycles. The van der Waals surface area contributed by atoms with E-state index >= 15 is 0 Å². The number of rotatable bonds is 14. The minimum atomic E-state index is 0.00825. The van der Waals surface area contributed by atoms with Gasteiger partial charge in [-0.05, 0) is 30.2 Å². The molecule has 8 nitrogen and oxygen atoms in total. The number of para-hydroxylation sites is 1. The van der Waals surface area contributed by atoms with Crippen molar-refractivity contribution in [2.24, 2.45) is 0 Å². The van der Waals surface area contributed by atoms with Crippen LogP contribution in [0.2, 0.25) is 0 Å². The maximum absolute atomic E-state index is 9.33. The molecule has 0 aliphatic heterocycles. The summed E-state index contributed by atoms with van der Waals surface area (Å²) in [7, 11) is 0. The maximum atomic E-state index is 9.33. The van der Waals surface area contributed by atoms with Crippen LogP contribution in [0.1, 0.15) is 11.3 Å². The molecule has 3 rings (SSSR count). The molecular formula is C23H28N4O4. The minimum Gasteiger partial charge on any atom is -0.441 e. The quantitative estimate of drug-likeness (QED) is 0.179. The van der Waals surface area contributed by atoms with E-state index in [1.165, 1.54) is 10.9 Å². The zero-order valence-electron chi connectivity index (χ0n) is 17.4. The normalized spacial score (nSPS) is 11.7. The fraction of sp³-hybridized carbons (Fsp3) is 0.348. The molecule has 0 bridgehead atoms. The second kappa shape index (κ2) is 12.6. The van der Waals surface area contributed by atoms with Crippen molar-refractivity contribution in [1.29, 1.82) is 5.26 Å². The smallest absolute Gasteiger partial charge is 0.193 e. The van der Waals surface area contributed by atoms with Crippen LogP contribution in [-0.2, 0) is 15.9 Å². The third kappa shape index (κ3) is 7.27. The average molecular weight is 425 g/mol. The Morgan fingerprint density at radius 1 is 1.16 bits per heavy atom. The number of nitrogens with one attached hydrogen (secondary N) is 3. The van der Waals surface area contributed by atoms with Crippen LogP contribution in [0.4, 0.5) is 5.88 Å². The lowest BCUT2D eigenvalue weighted by Gasteiger charge is -2.05. The highest BCUT2D eigenvalue weighted by Crippen LogP contribution is 2.18. The Hall–Kier alpha value is -3.09. The van der Waals surface area contributed by atoms with Gasteiger partial charge in [0.25, 0.3) is 0 Å². The lowest BCUT2D eigenvalue weighted by Crippen LogP contribution is -2.21. The number of anilines is 1. The molecule has 0 saturated carbocycles. The van der Waals surface area contributed by atoms with E-state index < -0.39 is 0 Å². The molecule has 0 radical (unpaired) electrons. The predicted molar refractivity (Wildman–Crippen MR) is 120 cm³/mol. The van der Waals surface area contributed by atoms with Gasteiger partial charge < -0.3 is 29.3 Å². The van der Waals surface area contributed by atoms with Crippen LogP contribution in [-0.4, -0.2) is 56.3 Å². The molecule has 0 fully saturated rings. The Kier molecular flexibility index (Phi) is 9.16. The van der Waals surface area contributed by atoms with Crippen LogP contribution >= 0.6 is 0 Å². The number of aliphatic hydroxyl groups is 1. The van der Waals surface area contributed by atoms with E-state index in [1.807, 2.05) is 18.3 Å².